The van der Waals surface area contributed by atoms with Crippen LogP contribution < -0.4 is 5.32 Å². The highest BCUT2D eigenvalue weighted by Gasteiger charge is 2.18. The molecule has 1 fully saturated rings. The van der Waals surface area contributed by atoms with Crippen molar-refractivity contribution in [3.63, 3.8) is 0 Å². The van der Waals surface area contributed by atoms with Crippen molar-refractivity contribution < 1.29 is 5.11 Å². The zero-order chi connectivity index (χ0) is 18.1. The molecule has 1 aromatic carbocycles. The molecule has 6 heteroatoms. The van der Waals surface area contributed by atoms with Gasteiger partial charge < -0.3 is 15.3 Å². The molecule has 0 radical (unpaired) electrons. The number of nitrogens with zero attached hydrogens (tertiary/aromatic N) is 4. The van der Waals surface area contributed by atoms with Gasteiger partial charge in [-0.1, -0.05) is 12.1 Å². The maximum Gasteiger partial charge on any atom is 0.151 e. The van der Waals surface area contributed by atoms with Crippen LogP contribution in [-0.4, -0.2) is 51.4 Å². The Morgan fingerprint density at radius 2 is 2.12 bits per heavy atom. The van der Waals surface area contributed by atoms with E-state index in [-0.39, 0.29) is 5.75 Å². The molecule has 2 N–H and O–H groups in total. The lowest BCUT2D eigenvalue weighted by molar-refractivity contribution is 0.260. The molecule has 134 valence electrons. The number of phenolic OH excluding ortho intramolecular Hbond substituents is 1. The molecule has 6 nitrogen and oxygen atoms in total. The minimum atomic E-state index is 0.148. The number of aromatic hydroxyl groups is 1. The summed E-state index contributed by atoms with van der Waals surface area (Å²) in [5.74, 6) is 0.931. The molecule has 1 aliphatic rings. The lowest BCUT2D eigenvalue weighted by Crippen LogP contribution is -2.39. The molecule has 26 heavy (non-hydrogen) atoms. The van der Waals surface area contributed by atoms with Gasteiger partial charge in [0.25, 0.3) is 0 Å². The van der Waals surface area contributed by atoms with Gasteiger partial charge in [-0.05, 0) is 57.1 Å². The van der Waals surface area contributed by atoms with Gasteiger partial charge in [-0.15, -0.1) is 10.2 Å². The van der Waals surface area contributed by atoms with Crippen molar-refractivity contribution in [1.82, 2.24) is 20.1 Å². The van der Waals surface area contributed by atoms with E-state index in [1.54, 1.807) is 6.20 Å². The highest BCUT2D eigenvalue weighted by Crippen LogP contribution is 2.35. The molecule has 1 atom stereocenters. The van der Waals surface area contributed by atoms with Crippen molar-refractivity contribution in [3.05, 3.63) is 42.1 Å². The number of phenols is 1. The Morgan fingerprint density at radius 3 is 2.92 bits per heavy atom. The highest BCUT2D eigenvalue weighted by molar-refractivity contribution is 5.91. The first-order chi connectivity index (χ1) is 12.6. The molecule has 3 heterocycles. The highest BCUT2D eigenvalue weighted by atomic mass is 16.3. The van der Waals surface area contributed by atoms with Gasteiger partial charge in [-0.2, -0.15) is 0 Å². The van der Waals surface area contributed by atoms with Gasteiger partial charge in [-0.25, -0.2) is 0 Å². The third kappa shape index (κ3) is 3.20. The second-order valence-electron chi connectivity index (χ2n) is 7.04. The molecule has 0 bridgehead atoms. The van der Waals surface area contributed by atoms with Gasteiger partial charge in [0.15, 0.2) is 5.75 Å². The minimum absolute atomic E-state index is 0.148. The van der Waals surface area contributed by atoms with Crippen LogP contribution in [0.1, 0.15) is 18.4 Å². The molecule has 0 aliphatic carbocycles. The summed E-state index contributed by atoms with van der Waals surface area (Å²) in [7, 11) is 2.14. The summed E-state index contributed by atoms with van der Waals surface area (Å²) in [4.78, 5) is 6.61. The number of fused-ring (bicyclic) bond motifs is 1. The van der Waals surface area contributed by atoms with Gasteiger partial charge in [0.1, 0.15) is 11.3 Å². The number of anilines is 1. The zero-order valence-electron chi connectivity index (χ0n) is 15.1. The number of benzene rings is 1. The molecule has 1 saturated heterocycles. The average Bonchev–Trinajstić information content (AvgIpc) is 2.63. The normalized spacial score (nSPS) is 18.2. The summed E-state index contributed by atoms with van der Waals surface area (Å²) in [6, 6.07) is 10.0. The van der Waals surface area contributed by atoms with Crippen molar-refractivity contribution in [3.8, 4) is 17.0 Å². The van der Waals surface area contributed by atoms with Crippen LogP contribution in [0.15, 0.2) is 36.5 Å². The van der Waals surface area contributed by atoms with E-state index >= 15 is 0 Å². The summed E-state index contributed by atoms with van der Waals surface area (Å²) in [6.07, 6.45) is 4.01. The van der Waals surface area contributed by atoms with Crippen molar-refractivity contribution in [2.45, 2.75) is 25.8 Å². The quantitative estimate of drug-likeness (QED) is 0.756. The summed E-state index contributed by atoms with van der Waals surface area (Å²) in [5.41, 5.74) is 2.89. The summed E-state index contributed by atoms with van der Waals surface area (Å²) < 4.78 is 0. The molecule has 0 amide bonds. The maximum absolute atomic E-state index is 10.6. The fourth-order valence-corrected chi connectivity index (χ4v) is 3.64. The second kappa shape index (κ2) is 6.88. The maximum atomic E-state index is 10.6. The Kier molecular flexibility index (Phi) is 4.42. The van der Waals surface area contributed by atoms with Crippen LogP contribution in [0, 0.1) is 6.92 Å². The Hall–Kier alpha value is -2.73. The van der Waals surface area contributed by atoms with E-state index in [9.17, 15) is 5.11 Å². The number of piperidine rings is 1. The number of nitrogens with one attached hydrogen (secondary N) is 1. The van der Waals surface area contributed by atoms with Gasteiger partial charge in [0.05, 0.1) is 5.69 Å². The number of rotatable bonds is 3. The van der Waals surface area contributed by atoms with Gasteiger partial charge in [-0.3, -0.25) is 4.98 Å². The third-order valence-electron chi connectivity index (χ3n) is 4.96. The molecular formula is C20H23N5O. The molecule has 2 aromatic heterocycles. The van der Waals surface area contributed by atoms with Crippen molar-refractivity contribution in [2.24, 2.45) is 0 Å². The van der Waals surface area contributed by atoms with Gasteiger partial charge in [0.2, 0.25) is 0 Å². The fraction of sp³-hybridized carbons (Fsp3) is 0.350. The van der Waals surface area contributed by atoms with E-state index < -0.39 is 0 Å². The first-order valence-electron chi connectivity index (χ1n) is 8.98. The summed E-state index contributed by atoms with van der Waals surface area (Å²) >= 11 is 0. The van der Waals surface area contributed by atoms with E-state index in [2.05, 4.69) is 32.4 Å². The fourth-order valence-electron chi connectivity index (χ4n) is 3.64. The van der Waals surface area contributed by atoms with E-state index in [0.29, 0.717) is 22.8 Å². The lowest BCUT2D eigenvalue weighted by Gasteiger charge is -2.30. The predicted molar refractivity (Wildman–Crippen MR) is 103 cm³/mol. The van der Waals surface area contributed by atoms with Crippen molar-refractivity contribution >= 4 is 16.7 Å². The first-order valence-corrected chi connectivity index (χ1v) is 8.98. The topological polar surface area (TPSA) is 74.2 Å². The van der Waals surface area contributed by atoms with Gasteiger partial charge >= 0.3 is 0 Å². The smallest absolute Gasteiger partial charge is 0.151 e. The van der Waals surface area contributed by atoms with Crippen LogP contribution in [0.5, 0.6) is 5.75 Å². The van der Waals surface area contributed by atoms with E-state index in [0.717, 1.165) is 36.3 Å². The van der Waals surface area contributed by atoms with Crippen LogP contribution in [0.2, 0.25) is 0 Å². The van der Waals surface area contributed by atoms with E-state index in [1.807, 2.05) is 37.3 Å². The van der Waals surface area contributed by atoms with E-state index in [4.69, 9.17) is 0 Å². The number of likely N-dealkylation sites (N-methyl/N-ethyl adjacent to an activating group) is 1. The molecule has 4 rings (SSSR count). The zero-order valence-corrected chi connectivity index (χ0v) is 15.1. The van der Waals surface area contributed by atoms with E-state index in [1.165, 1.54) is 6.42 Å². The van der Waals surface area contributed by atoms with Gasteiger partial charge in [0, 0.05) is 29.7 Å². The molecule has 3 aromatic rings. The average molecular weight is 349 g/mol. The molecule has 0 spiro atoms. The van der Waals surface area contributed by atoms with Crippen LogP contribution in [-0.2, 0) is 0 Å². The van der Waals surface area contributed by atoms with Crippen LogP contribution >= 0.6 is 0 Å². The first kappa shape index (κ1) is 16.7. The van der Waals surface area contributed by atoms with Crippen molar-refractivity contribution in [1.29, 1.82) is 0 Å². The van der Waals surface area contributed by atoms with Crippen LogP contribution in [0.3, 0.4) is 0 Å². The SMILES string of the molecule is Cc1cc(NC2CCCN(C)C2)nnc1-c1ccc2cccnc2c1O. The van der Waals surface area contributed by atoms with Crippen LogP contribution in [0.4, 0.5) is 5.82 Å². The number of hydrogen-bond acceptors (Lipinski definition) is 6. The Morgan fingerprint density at radius 1 is 1.23 bits per heavy atom. The third-order valence-corrected chi connectivity index (χ3v) is 4.96. The monoisotopic (exact) mass is 349 g/mol. The predicted octanol–water partition coefficient (Wildman–Crippen LogP) is 3.21. The number of aromatic nitrogens is 3. The summed E-state index contributed by atoms with van der Waals surface area (Å²) in [5, 5.41) is 23.8. The Bertz CT molecular complexity index is 943. The molecular weight excluding hydrogens is 326 g/mol. The minimum Gasteiger partial charge on any atom is -0.505 e. The van der Waals surface area contributed by atoms with Crippen molar-refractivity contribution in [2.75, 3.05) is 25.5 Å². The number of likely N-dealkylation sites (tertiary alicyclic amines) is 1. The molecule has 0 saturated carbocycles. The second-order valence-corrected chi connectivity index (χ2v) is 7.04. The lowest BCUT2D eigenvalue weighted by atomic mass is 10.0. The molecule has 1 aliphatic heterocycles. The standard InChI is InChI=1S/C20H23N5O/c1-13-11-17(22-15-6-4-10-25(2)12-15)23-24-18(13)16-8-7-14-5-3-9-21-19(14)20(16)26/h3,5,7-9,11,15,26H,4,6,10,12H2,1-2H3,(H,22,23). The summed E-state index contributed by atoms with van der Waals surface area (Å²) in [6.45, 7) is 4.15. The Labute approximate surface area is 152 Å². The largest absolute Gasteiger partial charge is 0.505 e. The number of aryl methyl sites for hydroxylation is 1. The molecule has 1 unspecified atom stereocenters. The van der Waals surface area contributed by atoms with Crippen LogP contribution in [0.25, 0.3) is 22.2 Å². The number of hydrogen-bond donors (Lipinski definition) is 2. The number of pyridine rings is 1. The Balaban J connectivity index is 1.63.